The van der Waals surface area contributed by atoms with Crippen molar-refractivity contribution < 1.29 is 4.79 Å². The minimum atomic E-state index is -0.354. The van der Waals surface area contributed by atoms with Gasteiger partial charge in [-0.25, -0.2) is 0 Å². The summed E-state index contributed by atoms with van der Waals surface area (Å²) in [4.78, 5) is 14.9. The first-order valence-corrected chi connectivity index (χ1v) is 7.42. The van der Waals surface area contributed by atoms with Gasteiger partial charge in [-0.2, -0.15) is 0 Å². The molecule has 1 saturated carbocycles. The summed E-state index contributed by atoms with van der Waals surface area (Å²) in [6.45, 7) is 10.9. The van der Waals surface area contributed by atoms with E-state index in [4.69, 9.17) is 0 Å². The molecule has 3 nitrogen and oxygen atoms in total. The average Bonchev–Trinajstić information content (AvgIpc) is 2.51. The van der Waals surface area contributed by atoms with Crippen molar-refractivity contribution in [3.8, 4) is 0 Å². The Morgan fingerprint density at radius 1 is 1.33 bits per heavy atom. The van der Waals surface area contributed by atoms with Gasteiger partial charge < -0.3 is 4.90 Å². The van der Waals surface area contributed by atoms with E-state index in [1.807, 2.05) is 6.92 Å². The molecule has 1 aliphatic heterocycles. The monoisotopic (exact) mass is 252 g/mol. The molecule has 1 saturated heterocycles. The van der Waals surface area contributed by atoms with Crippen molar-refractivity contribution in [1.82, 2.24) is 10.2 Å². The number of carbonyl (C=O) groups is 1. The van der Waals surface area contributed by atoms with Crippen molar-refractivity contribution in [3.63, 3.8) is 0 Å². The minimum Gasteiger partial charge on any atom is -0.322 e. The Labute approximate surface area is 111 Å². The van der Waals surface area contributed by atoms with E-state index in [2.05, 4.69) is 37.9 Å². The van der Waals surface area contributed by atoms with Gasteiger partial charge in [-0.3, -0.25) is 10.1 Å². The maximum Gasteiger partial charge on any atom is 0.244 e. The molecule has 18 heavy (non-hydrogen) atoms. The van der Waals surface area contributed by atoms with E-state index in [1.54, 1.807) is 0 Å². The quantitative estimate of drug-likeness (QED) is 0.819. The van der Waals surface area contributed by atoms with Gasteiger partial charge in [-0.1, -0.05) is 33.6 Å². The van der Waals surface area contributed by atoms with Crippen molar-refractivity contribution >= 4 is 5.91 Å². The van der Waals surface area contributed by atoms with Crippen molar-refractivity contribution in [1.29, 1.82) is 0 Å². The van der Waals surface area contributed by atoms with Crippen LogP contribution in [-0.2, 0) is 4.79 Å². The Hall–Kier alpha value is -0.570. The van der Waals surface area contributed by atoms with E-state index in [0.29, 0.717) is 11.9 Å². The zero-order valence-electron chi connectivity index (χ0n) is 12.5. The Balaban J connectivity index is 2.25. The average molecular weight is 252 g/mol. The van der Waals surface area contributed by atoms with Gasteiger partial charge in [-0.15, -0.1) is 0 Å². The highest BCUT2D eigenvalue weighted by Gasteiger charge is 2.50. The largest absolute Gasteiger partial charge is 0.322 e. The first-order chi connectivity index (χ1) is 8.32. The number of carbonyl (C=O) groups excluding carboxylic acids is 1. The second kappa shape index (κ2) is 4.52. The molecule has 1 heterocycles. The highest BCUT2D eigenvalue weighted by atomic mass is 16.2. The smallest absolute Gasteiger partial charge is 0.244 e. The number of nitrogens with zero attached hydrogens (tertiary/aromatic N) is 1. The highest BCUT2D eigenvalue weighted by molar-refractivity contribution is 5.88. The van der Waals surface area contributed by atoms with Crippen LogP contribution in [0.25, 0.3) is 0 Å². The van der Waals surface area contributed by atoms with Crippen LogP contribution in [0.1, 0.15) is 66.7 Å². The SMILES string of the molecule is CCC1(C)NC(C)N(C2CCCCC2(C)C)C1=O. The third-order valence-electron chi connectivity index (χ3n) is 5.14. The van der Waals surface area contributed by atoms with Gasteiger partial charge in [0.1, 0.15) is 0 Å². The standard InChI is InChI=1S/C15H28N2O/c1-6-15(5)13(18)17(11(2)16-15)12-9-7-8-10-14(12,3)4/h11-12,16H,6-10H2,1-5H3. The van der Waals surface area contributed by atoms with Crippen LogP contribution >= 0.6 is 0 Å². The minimum absolute atomic E-state index is 0.171. The van der Waals surface area contributed by atoms with Crippen molar-refractivity contribution in [2.24, 2.45) is 5.41 Å². The Kier molecular flexibility index (Phi) is 3.48. The third kappa shape index (κ3) is 2.07. The molecule has 0 aromatic heterocycles. The second-order valence-corrected chi connectivity index (χ2v) is 6.97. The van der Waals surface area contributed by atoms with Crippen LogP contribution in [0.4, 0.5) is 0 Å². The summed E-state index contributed by atoms with van der Waals surface area (Å²) < 4.78 is 0. The van der Waals surface area contributed by atoms with Crippen LogP contribution in [-0.4, -0.2) is 28.6 Å². The number of nitrogens with one attached hydrogen (secondary N) is 1. The van der Waals surface area contributed by atoms with Crippen LogP contribution < -0.4 is 5.32 Å². The van der Waals surface area contributed by atoms with Crippen molar-refractivity contribution in [2.75, 3.05) is 0 Å². The molecule has 0 bridgehead atoms. The molecule has 1 N–H and O–H groups in total. The Morgan fingerprint density at radius 2 is 2.00 bits per heavy atom. The Morgan fingerprint density at radius 3 is 2.50 bits per heavy atom. The molecule has 3 unspecified atom stereocenters. The van der Waals surface area contributed by atoms with E-state index >= 15 is 0 Å². The lowest BCUT2D eigenvalue weighted by Gasteiger charge is -2.45. The fourth-order valence-corrected chi connectivity index (χ4v) is 3.71. The molecule has 2 fully saturated rings. The zero-order valence-corrected chi connectivity index (χ0v) is 12.5. The lowest BCUT2D eigenvalue weighted by atomic mass is 9.72. The molecule has 0 aromatic carbocycles. The fraction of sp³-hybridized carbons (Fsp3) is 0.933. The molecule has 3 atom stereocenters. The summed E-state index contributed by atoms with van der Waals surface area (Å²) >= 11 is 0. The van der Waals surface area contributed by atoms with E-state index in [1.165, 1.54) is 19.3 Å². The fourth-order valence-electron chi connectivity index (χ4n) is 3.71. The maximum atomic E-state index is 12.7. The molecular weight excluding hydrogens is 224 g/mol. The maximum absolute atomic E-state index is 12.7. The van der Waals surface area contributed by atoms with E-state index in [0.717, 1.165) is 12.8 Å². The summed E-state index contributed by atoms with van der Waals surface area (Å²) in [7, 11) is 0. The van der Waals surface area contributed by atoms with Crippen LogP contribution in [0, 0.1) is 5.41 Å². The normalized spacial score (nSPS) is 40.3. The van der Waals surface area contributed by atoms with E-state index in [-0.39, 0.29) is 17.1 Å². The first kappa shape index (κ1) is 13.9. The van der Waals surface area contributed by atoms with Gasteiger partial charge in [0.15, 0.2) is 0 Å². The van der Waals surface area contributed by atoms with E-state index in [9.17, 15) is 4.79 Å². The van der Waals surface area contributed by atoms with Gasteiger partial charge in [0.2, 0.25) is 5.91 Å². The van der Waals surface area contributed by atoms with Gasteiger partial charge in [0.25, 0.3) is 0 Å². The summed E-state index contributed by atoms with van der Waals surface area (Å²) in [5.41, 5.74) is -0.101. The van der Waals surface area contributed by atoms with Gasteiger partial charge in [0, 0.05) is 6.04 Å². The molecular formula is C15H28N2O. The zero-order chi connectivity index (χ0) is 13.6. The lowest BCUT2D eigenvalue weighted by molar-refractivity contribution is -0.138. The number of hydrogen-bond acceptors (Lipinski definition) is 2. The van der Waals surface area contributed by atoms with E-state index < -0.39 is 0 Å². The second-order valence-electron chi connectivity index (χ2n) is 6.97. The molecule has 1 amide bonds. The third-order valence-corrected chi connectivity index (χ3v) is 5.14. The molecule has 104 valence electrons. The van der Waals surface area contributed by atoms with Gasteiger partial charge in [-0.05, 0) is 38.5 Å². The van der Waals surface area contributed by atoms with Crippen LogP contribution in [0.15, 0.2) is 0 Å². The predicted octanol–water partition coefficient (Wildman–Crippen LogP) is 2.90. The van der Waals surface area contributed by atoms with Crippen LogP contribution in [0.3, 0.4) is 0 Å². The summed E-state index contributed by atoms with van der Waals surface area (Å²) in [6, 6.07) is 0.398. The highest BCUT2D eigenvalue weighted by Crippen LogP contribution is 2.41. The summed E-state index contributed by atoms with van der Waals surface area (Å²) in [6.07, 6.45) is 5.98. The van der Waals surface area contributed by atoms with Crippen molar-refractivity contribution in [3.05, 3.63) is 0 Å². The topological polar surface area (TPSA) is 32.3 Å². The molecule has 0 aromatic rings. The van der Waals surface area contributed by atoms with Crippen LogP contribution in [0.2, 0.25) is 0 Å². The molecule has 2 aliphatic rings. The molecule has 1 aliphatic carbocycles. The molecule has 0 spiro atoms. The predicted molar refractivity (Wildman–Crippen MR) is 74.2 cm³/mol. The first-order valence-electron chi connectivity index (χ1n) is 7.42. The summed E-state index contributed by atoms with van der Waals surface area (Å²) in [5, 5.41) is 3.49. The Bertz CT molecular complexity index is 339. The van der Waals surface area contributed by atoms with Crippen molar-refractivity contribution in [2.45, 2.75) is 84.5 Å². The molecule has 0 radical (unpaired) electrons. The van der Waals surface area contributed by atoms with Gasteiger partial charge >= 0.3 is 0 Å². The number of hydrogen-bond donors (Lipinski definition) is 1. The van der Waals surface area contributed by atoms with Crippen LogP contribution in [0.5, 0.6) is 0 Å². The van der Waals surface area contributed by atoms with Gasteiger partial charge in [0.05, 0.1) is 11.7 Å². The molecule has 3 heteroatoms. The molecule has 2 rings (SSSR count). The lowest BCUT2D eigenvalue weighted by Crippen LogP contribution is -2.52. The summed E-state index contributed by atoms with van der Waals surface area (Å²) in [5.74, 6) is 0.303. The number of rotatable bonds is 2. The number of amides is 1.